The van der Waals surface area contributed by atoms with Gasteiger partial charge in [-0.05, 0) is 6.92 Å². The Kier molecular flexibility index (Phi) is 3.13. The molecule has 0 saturated carbocycles. The number of methoxy groups -OCH3 is 1. The number of anilines is 2. The van der Waals surface area contributed by atoms with Gasteiger partial charge in [0.25, 0.3) is 0 Å². The third-order valence-corrected chi connectivity index (χ3v) is 1.82. The van der Waals surface area contributed by atoms with Gasteiger partial charge in [0.05, 0.1) is 6.61 Å². The molecule has 0 amide bonds. The van der Waals surface area contributed by atoms with Crippen LogP contribution in [0.4, 0.5) is 11.6 Å². The summed E-state index contributed by atoms with van der Waals surface area (Å²) >= 11 is 0. The van der Waals surface area contributed by atoms with E-state index >= 15 is 0 Å². The molecule has 5 heteroatoms. The minimum Gasteiger partial charge on any atom is -0.383 e. The van der Waals surface area contributed by atoms with Crippen LogP contribution >= 0.6 is 0 Å². The minimum absolute atomic E-state index is 0.608. The summed E-state index contributed by atoms with van der Waals surface area (Å²) in [6.45, 7) is 3.33. The third kappa shape index (κ3) is 2.35. The molecule has 0 bridgehead atoms. The van der Waals surface area contributed by atoms with Gasteiger partial charge in [-0.3, -0.25) is 0 Å². The summed E-state index contributed by atoms with van der Waals surface area (Å²) in [6, 6.07) is 0. The van der Waals surface area contributed by atoms with E-state index in [4.69, 9.17) is 10.5 Å². The molecule has 0 atom stereocenters. The molecule has 1 aromatic heterocycles. The number of aryl methyl sites for hydroxylation is 1. The van der Waals surface area contributed by atoms with Gasteiger partial charge in [-0.15, -0.1) is 0 Å². The highest BCUT2D eigenvalue weighted by Crippen LogP contribution is 2.17. The Morgan fingerprint density at radius 1 is 1.62 bits per heavy atom. The highest BCUT2D eigenvalue weighted by atomic mass is 16.5. The number of H-pyrrole nitrogens is 1. The Hall–Kier alpha value is -1.23. The average molecular weight is 184 g/mol. The van der Waals surface area contributed by atoms with Crippen molar-refractivity contribution in [1.82, 2.24) is 9.97 Å². The standard InChI is InChI=1S/C8H16N4O/c1-6-10-7(9)8(11-6)12(2)4-5-13-3/h4-5,9H2,1-3H3,(H,10,11). The van der Waals surface area contributed by atoms with Crippen molar-refractivity contribution >= 4 is 11.6 Å². The summed E-state index contributed by atoms with van der Waals surface area (Å²) in [5.41, 5.74) is 5.71. The first kappa shape index (κ1) is 9.85. The van der Waals surface area contributed by atoms with Crippen molar-refractivity contribution in [2.45, 2.75) is 6.92 Å². The van der Waals surface area contributed by atoms with Gasteiger partial charge in [0.15, 0.2) is 5.82 Å². The number of hydrogen-bond donors (Lipinski definition) is 2. The predicted molar refractivity (Wildman–Crippen MR) is 52.9 cm³/mol. The van der Waals surface area contributed by atoms with E-state index in [9.17, 15) is 0 Å². The molecule has 0 unspecified atom stereocenters. The number of nitrogens with one attached hydrogen (secondary N) is 1. The number of hydrogen-bond acceptors (Lipinski definition) is 4. The van der Waals surface area contributed by atoms with Crippen molar-refractivity contribution < 1.29 is 4.74 Å². The number of nitrogens with two attached hydrogens (primary N) is 1. The Labute approximate surface area is 77.9 Å². The van der Waals surface area contributed by atoms with E-state index in [1.807, 2.05) is 18.9 Å². The van der Waals surface area contributed by atoms with Crippen molar-refractivity contribution in [2.75, 3.05) is 37.9 Å². The zero-order valence-corrected chi connectivity index (χ0v) is 8.29. The summed E-state index contributed by atoms with van der Waals surface area (Å²) in [7, 11) is 3.61. The zero-order valence-electron chi connectivity index (χ0n) is 8.29. The van der Waals surface area contributed by atoms with Gasteiger partial charge in [-0.25, -0.2) is 4.98 Å². The van der Waals surface area contributed by atoms with Gasteiger partial charge in [0, 0.05) is 20.7 Å². The van der Waals surface area contributed by atoms with Crippen molar-refractivity contribution in [3.63, 3.8) is 0 Å². The third-order valence-electron chi connectivity index (χ3n) is 1.82. The van der Waals surface area contributed by atoms with Crippen LogP contribution in [0.2, 0.25) is 0 Å². The molecule has 0 aliphatic carbocycles. The van der Waals surface area contributed by atoms with Crippen molar-refractivity contribution in [2.24, 2.45) is 0 Å². The van der Waals surface area contributed by atoms with Crippen LogP contribution in [0.5, 0.6) is 0 Å². The quantitative estimate of drug-likeness (QED) is 0.710. The SMILES string of the molecule is COCCN(C)c1nc(C)[nH]c1N. The number of likely N-dealkylation sites (N-methyl/N-ethyl adjacent to an activating group) is 1. The van der Waals surface area contributed by atoms with Crippen LogP contribution in [0.15, 0.2) is 0 Å². The molecule has 0 fully saturated rings. The smallest absolute Gasteiger partial charge is 0.171 e. The molecule has 0 radical (unpaired) electrons. The van der Waals surface area contributed by atoms with Gasteiger partial charge in [0.1, 0.15) is 11.6 Å². The number of nitrogens with zero attached hydrogens (tertiary/aromatic N) is 2. The van der Waals surface area contributed by atoms with Crippen LogP contribution in [0.25, 0.3) is 0 Å². The maximum Gasteiger partial charge on any atom is 0.171 e. The monoisotopic (exact) mass is 184 g/mol. The normalized spacial score (nSPS) is 10.4. The second-order valence-corrected chi connectivity index (χ2v) is 2.97. The fraction of sp³-hybridized carbons (Fsp3) is 0.625. The highest BCUT2D eigenvalue weighted by Gasteiger charge is 2.08. The summed E-state index contributed by atoms with van der Waals surface area (Å²) in [4.78, 5) is 9.16. The van der Waals surface area contributed by atoms with Crippen LogP contribution in [0.1, 0.15) is 5.82 Å². The molecule has 1 aromatic rings. The van der Waals surface area contributed by atoms with Gasteiger partial charge >= 0.3 is 0 Å². The van der Waals surface area contributed by atoms with Crippen LogP contribution in [-0.2, 0) is 4.74 Å². The maximum atomic E-state index is 5.71. The lowest BCUT2D eigenvalue weighted by atomic mass is 10.5. The van der Waals surface area contributed by atoms with E-state index in [0.29, 0.717) is 12.4 Å². The summed E-state index contributed by atoms with van der Waals surface area (Å²) in [6.07, 6.45) is 0. The van der Waals surface area contributed by atoms with Gasteiger partial charge < -0.3 is 20.4 Å². The topological polar surface area (TPSA) is 67.2 Å². The molecule has 1 heterocycles. The van der Waals surface area contributed by atoms with Crippen molar-refractivity contribution in [3.8, 4) is 0 Å². The molecular formula is C8H16N4O. The van der Waals surface area contributed by atoms with Crippen LogP contribution < -0.4 is 10.6 Å². The Morgan fingerprint density at radius 3 is 2.77 bits per heavy atom. The van der Waals surface area contributed by atoms with Crippen molar-refractivity contribution in [1.29, 1.82) is 0 Å². The molecule has 1 rings (SSSR count). The fourth-order valence-electron chi connectivity index (χ4n) is 1.12. The molecule has 0 aliphatic heterocycles. The fourth-order valence-corrected chi connectivity index (χ4v) is 1.12. The lowest BCUT2D eigenvalue weighted by Gasteiger charge is -2.15. The predicted octanol–water partition coefficient (Wildman–Crippen LogP) is 0.383. The van der Waals surface area contributed by atoms with E-state index in [0.717, 1.165) is 18.2 Å². The summed E-state index contributed by atoms with van der Waals surface area (Å²) in [5.74, 6) is 2.22. The molecule has 5 nitrogen and oxygen atoms in total. The van der Waals surface area contributed by atoms with E-state index in [1.54, 1.807) is 7.11 Å². The lowest BCUT2D eigenvalue weighted by molar-refractivity contribution is 0.206. The molecule has 0 aromatic carbocycles. The second-order valence-electron chi connectivity index (χ2n) is 2.97. The van der Waals surface area contributed by atoms with Gasteiger partial charge in [-0.1, -0.05) is 0 Å². The first-order valence-corrected chi connectivity index (χ1v) is 4.17. The van der Waals surface area contributed by atoms with E-state index in [-0.39, 0.29) is 0 Å². The average Bonchev–Trinajstić information content (AvgIpc) is 2.41. The number of aromatic nitrogens is 2. The Bertz CT molecular complexity index is 271. The molecule has 0 spiro atoms. The number of nitrogen functional groups attached to an aromatic ring is 1. The molecule has 74 valence electrons. The number of aromatic amines is 1. The summed E-state index contributed by atoms with van der Waals surface area (Å²) < 4.78 is 4.96. The van der Waals surface area contributed by atoms with E-state index < -0.39 is 0 Å². The zero-order chi connectivity index (χ0) is 9.84. The van der Waals surface area contributed by atoms with E-state index in [1.165, 1.54) is 0 Å². The lowest BCUT2D eigenvalue weighted by Crippen LogP contribution is -2.23. The molecule has 0 aliphatic rings. The van der Waals surface area contributed by atoms with Crippen molar-refractivity contribution in [3.05, 3.63) is 5.82 Å². The Morgan fingerprint density at radius 2 is 2.31 bits per heavy atom. The second kappa shape index (κ2) is 4.13. The van der Waals surface area contributed by atoms with Crippen LogP contribution in [0, 0.1) is 6.92 Å². The highest BCUT2D eigenvalue weighted by molar-refractivity contribution is 5.58. The molecule has 0 saturated heterocycles. The Balaban J connectivity index is 2.64. The number of ether oxygens (including phenoxy) is 1. The number of imidazole rings is 1. The van der Waals surface area contributed by atoms with Crippen LogP contribution in [0.3, 0.4) is 0 Å². The van der Waals surface area contributed by atoms with Gasteiger partial charge in [0.2, 0.25) is 0 Å². The number of rotatable bonds is 4. The first-order chi connectivity index (χ1) is 6.15. The van der Waals surface area contributed by atoms with Gasteiger partial charge in [-0.2, -0.15) is 0 Å². The van der Waals surface area contributed by atoms with Crippen LogP contribution in [-0.4, -0.2) is 37.3 Å². The molecule has 13 heavy (non-hydrogen) atoms. The molecular weight excluding hydrogens is 168 g/mol. The largest absolute Gasteiger partial charge is 0.383 e. The molecule has 3 N–H and O–H groups in total. The first-order valence-electron chi connectivity index (χ1n) is 4.17. The summed E-state index contributed by atoms with van der Waals surface area (Å²) in [5, 5.41) is 0. The minimum atomic E-state index is 0.608. The maximum absolute atomic E-state index is 5.71. The van der Waals surface area contributed by atoms with E-state index in [2.05, 4.69) is 9.97 Å².